The third-order valence-electron chi connectivity index (χ3n) is 5.96. The van der Waals surface area contributed by atoms with E-state index in [2.05, 4.69) is 33.8 Å². The molecule has 0 N–H and O–H groups in total. The molecule has 0 amide bonds. The summed E-state index contributed by atoms with van der Waals surface area (Å²) in [4.78, 5) is 0. The van der Waals surface area contributed by atoms with E-state index in [1.54, 1.807) is 5.57 Å². The van der Waals surface area contributed by atoms with E-state index in [4.69, 9.17) is 0 Å². The van der Waals surface area contributed by atoms with Crippen molar-refractivity contribution in [3.05, 3.63) is 11.6 Å². The Kier molecular flexibility index (Phi) is 1.92. The number of hydrogen-bond donors (Lipinski definition) is 0. The number of rotatable bonds is 1. The Morgan fingerprint density at radius 3 is 2.73 bits per heavy atom. The van der Waals surface area contributed by atoms with Crippen LogP contribution < -0.4 is 0 Å². The first-order valence-electron chi connectivity index (χ1n) is 6.72. The molecule has 0 aromatic carbocycles. The molecule has 0 aromatic heterocycles. The Balaban J connectivity index is 1.95. The van der Waals surface area contributed by atoms with Gasteiger partial charge in [-0.25, -0.2) is 0 Å². The van der Waals surface area contributed by atoms with Crippen LogP contribution in [0, 0.1) is 35.0 Å². The Morgan fingerprint density at radius 1 is 1.40 bits per heavy atom. The molecule has 0 saturated heterocycles. The SMILES string of the molecule is CC1=CC[C@@H]2[C@@H]3[C@H](C(C)C)CC[C@]2(C)[C@@H]13. The highest BCUT2D eigenvalue weighted by Gasteiger charge is 2.64. The van der Waals surface area contributed by atoms with Crippen LogP contribution in [-0.4, -0.2) is 0 Å². The maximum Gasteiger partial charge on any atom is -0.0115 e. The second-order valence-corrected chi connectivity index (χ2v) is 6.80. The van der Waals surface area contributed by atoms with Gasteiger partial charge in [0.2, 0.25) is 0 Å². The molecule has 0 heterocycles. The average Bonchev–Trinajstić information content (AvgIpc) is 2.17. The van der Waals surface area contributed by atoms with Gasteiger partial charge in [0, 0.05) is 0 Å². The summed E-state index contributed by atoms with van der Waals surface area (Å²) in [7, 11) is 0. The Labute approximate surface area is 94.1 Å². The highest BCUT2D eigenvalue weighted by atomic mass is 14.7. The largest absolute Gasteiger partial charge is 0.0850 e. The molecule has 15 heavy (non-hydrogen) atoms. The van der Waals surface area contributed by atoms with E-state index in [1.807, 2.05) is 0 Å². The van der Waals surface area contributed by atoms with Gasteiger partial charge in [0.15, 0.2) is 0 Å². The van der Waals surface area contributed by atoms with Gasteiger partial charge in [-0.15, -0.1) is 0 Å². The van der Waals surface area contributed by atoms with Crippen molar-refractivity contribution in [1.29, 1.82) is 0 Å². The molecule has 0 radical (unpaired) electrons. The van der Waals surface area contributed by atoms with Crippen molar-refractivity contribution in [1.82, 2.24) is 0 Å². The van der Waals surface area contributed by atoms with Gasteiger partial charge in [-0.05, 0) is 61.2 Å². The Bertz CT molecular complexity index is 312. The van der Waals surface area contributed by atoms with Crippen LogP contribution in [0.5, 0.6) is 0 Å². The van der Waals surface area contributed by atoms with Gasteiger partial charge in [-0.3, -0.25) is 0 Å². The second-order valence-electron chi connectivity index (χ2n) is 6.80. The number of hydrogen-bond acceptors (Lipinski definition) is 0. The summed E-state index contributed by atoms with van der Waals surface area (Å²) in [5.41, 5.74) is 2.42. The lowest BCUT2D eigenvalue weighted by molar-refractivity contribution is -0.181. The van der Waals surface area contributed by atoms with Gasteiger partial charge >= 0.3 is 0 Å². The normalized spacial score (nSPS) is 52.5. The minimum Gasteiger partial charge on any atom is -0.0850 e. The van der Waals surface area contributed by atoms with E-state index in [0.29, 0.717) is 5.41 Å². The first kappa shape index (κ1) is 9.93. The van der Waals surface area contributed by atoms with Gasteiger partial charge in [0.1, 0.15) is 0 Å². The van der Waals surface area contributed by atoms with E-state index in [9.17, 15) is 0 Å². The molecule has 2 fully saturated rings. The minimum absolute atomic E-state index is 0.703. The van der Waals surface area contributed by atoms with E-state index in [0.717, 1.165) is 29.6 Å². The van der Waals surface area contributed by atoms with Crippen molar-refractivity contribution in [2.24, 2.45) is 35.0 Å². The predicted molar refractivity (Wildman–Crippen MR) is 64.5 cm³/mol. The van der Waals surface area contributed by atoms with E-state index < -0.39 is 0 Å². The molecule has 4 bridgehead atoms. The fraction of sp³-hybridized carbons (Fsp3) is 0.867. The smallest absolute Gasteiger partial charge is 0.0115 e. The van der Waals surface area contributed by atoms with Gasteiger partial charge < -0.3 is 0 Å². The summed E-state index contributed by atoms with van der Waals surface area (Å²) in [6, 6.07) is 0. The van der Waals surface area contributed by atoms with Crippen LogP contribution in [0.25, 0.3) is 0 Å². The second kappa shape index (κ2) is 2.90. The Morgan fingerprint density at radius 2 is 2.13 bits per heavy atom. The summed E-state index contributed by atoms with van der Waals surface area (Å²) >= 11 is 0. The van der Waals surface area contributed by atoms with Crippen molar-refractivity contribution >= 4 is 0 Å². The molecule has 5 atom stereocenters. The third kappa shape index (κ3) is 1.04. The maximum atomic E-state index is 2.56. The fourth-order valence-electron chi connectivity index (χ4n) is 5.25. The lowest BCUT2D eigenvalue weighted by Crippen LogP contribution is -2.63. The highest BCUT2D eigenvalue weighted by Crippen LogP contribution is 2.71. The first-order chi connectivity index (χ1) is 7.05. The molecule has 4 aliphatic rings. The molecule has 0 spiro atoms. The van der Waals surface area contributed by atoms with Crippen molar-refractivity contribution in [3.8, 4) is 0 Å². The lowest BCUT2D eigenvalue weighted by atomic mass is 9.34. The summed E-state index contributed by atoms with van der Waals surface area (Å²) in [6.07, 6.45) is 6.90. The summed E-state index contributed by atoms with van der Waals surface area (Å²) < 4.78 is 0. The summed E-state index contributed by atoms with van der Waals surface area (Å²) in [6.45, 7) is 9.81. The standard InChI is InChI=1S/C15H24/c1-9(2)11-7-8-15(4)12-6-5-10(3)14(15)13(11)12/h5,9,11-14H,6-8H2,1-4H3/t11-,12+,13-,14-,15-/m0/s1. The molecular weight excluding hydrogens is 180 g/mol. The van der Waals surface area contributed by atoms with Crippen LogP contribution >= 0.6 is 0 Å². The summed E-state index contributed by atoms with van der Waals surface area (Å²) in [5.74, 6) is 4.96. The van der Waals surface area contributed by atoms with Gasteiger partial charge in [-0.2, -0.15) is 0 Å². The molecule has 0 nitrogen and oxygen atoms in total. The van der Waals surface area contributed by atoms with Crippen LogP contribution in [0.3, 0.4) is 0 Å². The molecule has 4 rings (SSSR count). The molecule has 0 aliphatic heterocycles. The maximum absolute atomic E-state index is 2.56. The van der Waals surface area contributed by atoms with Crippen molar-refractivity contribution in [3.63, 3.8) is 0 Å². The van der Waals surface area contributed by atoms with Crippen LogP contribution in [0.2, 0.25) is 0 Å². The van der Waals surface area contributed by atoms with Crippen molar-refractivity contribution < 1.29 is 0 Å². The van der Waals surface area contributed by atoms with Crippen molar-refractivity contribution in [2.75, 3.05) is 0 Å². The lowest BCUT2D eigenvalue weighted by Gasteiger charge is -2.70. The number of fused-ring (bicyclic) bond motifs is 1. The molecule has 0 heteroatoms. The topological polar surface area (TPSA) is 0 Å². The fourth-order valence-corrected chi connectivity index (χ4v) is 5.25. The van der Waals surface area contributed by atoms with Crippen LogP contribution in [0.4, 0.5) is 0 Å². The van der Waals surface area contributed by atoms with Crippen LogP contribution in [-0.2, 0) is 0 Å². The van der Waals surface area contributed by atoms with Gasteiger partial charge in [-0.1, -0.05) is 32.4 Å². The predicted octanol–water partition coefficient (Wildman–Crippen LogP) is 4.27. The van der Waals surface area contributed by atoms with E-state index in [-0.39, 0.29) is 0 Å². The van der Waals surface area contributed by atoms with Crippen molar-refractivity contribution in [2.45, 2.75) is 47.0 Å². The zero-order valence-corrected chi connectivity index (χ0v) is 10.6. The molecule has 4 aliphatic carbocycles. The zero-order chi connectivity index (χ0) is 10.8. The van der Waals surface area contributed by atoms with E-state index >= 15 is 0 Å². The molecule has 0 aromatic rings. The summed E-state index contributed by atoms with van der Waals surface area (Å²) in [5, 5.41) is 0. The molecular formula is C15H24. The third-order valence-corrected chi connectivity index (χ3v) is 5.96. The molecule has 84 valence electrons. The zero-order valence-electron chi connectivity index (χ0n) is 10.6. The van der Waals surface area contributed by atoms with Gasteiger partial charge in [0.25, 0.3) is 0 Å². The number of allylic oxidation sites excluding steroid dienone is 2. The van der Waals surface area contributed by atoms with Crippen LogP contribution in [0.1, 0.15) is 47.0 Å². The quantitative estimate of drug-likeness (QED) is 0.559. The monoisotopic (exact) mass is 204 g/mol. The van der Waals surface area contributed by atoms with Crippen LogP contribution in [0.15, 0.2) is 11.6 Å². The first-order valence-corrected chi connectivity index (χ1v) is 6.72. The molecule has 2 saturated carbocycles. The van der Waals surface area contributed by atoms with E-state index in [1.165, 1.54) is 19.3 Å². The molecule has 0 unspecified atom stereocenters. The average molecular weight is 204 g/mol. The Hall–Kier alpha value is -0.260. The minimum atomic E-state index is 0.703. The van der Waals surface area contributed by atoms with Gasteiger partial charge in [0.05, 0.1) is 0 Å². The highest BCUT2D eigenvalue weighted by molar-refractivity contribution is 5.28.